The van der Waals surface area contributed by atoms with Crippen LogP contribution in [0.1, 0.15) is 290 Å². The van der Waals surface area contributed by atoms with Gasteiger partial charge in [-0.05, 0) is 109 Å². The van der Waals surface area contributed by atoms with Crippen LogP contribution in [0, 0.1) is 0 Å². The first-order chi connectivity index (χ1) is 35.0. The first-order valence-electron chi connectivity index (χ1n) is 30.1. The fraction of sp³-hybridized carbons (Fsp3) is 0.738. The molecule has 0 heterocycles. The van der Waals surface area contributed by atoms with E-state index >= 15 is 0 Å². The Morgan fingerprint density at radius 1 is 0.296 bits per heavy atom. The highest BCUT2D eigenvalue weighted by Crippen LogP contribution is 2.15. The van der Waals surface area contributed by atoms with Crippen molar-refractivity contribution >= 4 is 17.9 Å². The molecule has 0 aromatic heterocycles. The van der Waals surface area contributed by atoms with Gasteiger partial charge in [0, 0.05) is 19.3 Å². The maximum Gasteiger partial charge on any atom is 0.306 e. The lowest BCUT2D eigenvalue weighted by atomic mass is 10.1. The number of carbonyl (C=O) groups excluding carboxylic acids is 3. The highest BCUT2D eigenvalue weighted by atomic mass is 16.6. The summed E-state index contributed by atoms with van der Waals surface area (Å²) in [4.78, 5) is 38.2. The summed E-state index contributed by atoms with van der Waals surface area (Å²) >= 11 is 0. The number of hydrogen-bond acceptors (Lipinski definition) is 6. The van der Waals surface area contributed by atoms with Gasteiger partial charge in [-0.2, -0.15) is 0 Å². The van der Waals surface area contributed by atoms with Crippen molar-refractivity contribution in [2.75, 3.05) is 13.2 Å². The van der Waals surface area contributed by atoms with E-state index in [1.54, 1.807) is 0 Å². The number of rotatable bonds is 54. The van der Waals surface area contributed by atoms with Crippen LogP contribution in [-0.2, 0) is 28.6 Å². The number of allylic oxidation sites excluding steroid dienone is 14. The van der Waals surface area contributed by atoms with Gasteiger partial charge in [-0.25, -0.2) is 0 Å². The second kappa shape index (κ2) is 59.2. The molecule has 0 saturated carbocycles. The van der Waals surface area contributed by atoms with Gasteiger partial charge in [0.15, 0.2) is 6.10 Å². The molecule has 0 fully saturated rings. The molecular formula is C65H112O6. The Balaban J connectivity index is 4.33. The Bertz CT molecular complexity index is 1370. The van der Waals surface area contributed by atoms with E-state index in [2.05, 4.69) is 106 Å². The Morgan fingerprint density at radius 2 is 0.563 bits per heavy atom. The van der Waals surface area contributed by atoms with Gasteiger partial charge in [-0.1, -0.05) is 247 Å². The summed E-state index contributed by atoms with van der Waals surface area (Å²) in [6.07, 6.45) is 77.2. The summed E-state index contributed by atoms with van der Waals surface area (Å²) in [5.74, 6) is -0.899. The van der Waals surface area contributed by atoms with E-state index in [0.717, 1.165) is 103 Å². The number of unbranched alkanes of at least 4 members (excludes halogenated alkanes) is 29. The molecule has 0 bridgehead atoms. The summed E-state index contributed by atoms with van der Waals surface area (Å²) < 4.78 is 16.9. The highest BCUT2D eigenvalue weighted by Gasteiger charge is 2.19. The van der Waals surface area contributed by atoms with Crippen molar-refractivity contribution < 1.29 is 28.6 Å². The van der Waals surface area contributed by atoms with Crippen molar-refractivity contribution in [2.45, 2.75) is 297 Å². The SMILES string of the molecule is CC/C=C\C/C=C\C/C=C\C/C=C\CCCCCCCCCCC(=O)OCC(COC(=O)CCCCCCC/C=C\CCCC)OC(=O)CCCCCCCCCCC/C=C\C/C=C\CCCCCCC. The van der Waals surface area contributed by atoms with Crippen LogP contribution in [0.25, 0.3) is 0 Å². The Labute approximate surface area is 439 Å². The molecule has 0 rings (SSSR count). The second-order valence-corrected chi connectivity index (χ2v) is 19.9. The van der Waals surface area contributed by atoms with E-state index in [1.165, 1.54) is 148 Å². The van der Waals surface area contributed by atoms with Crippen LogP contribution < -0.4 is 0 Å². The lowest BCUT2D eigenvalue weighted by Gasteiger charge is -2.18. The van der Waals surface area contributed by atoms with Crippen molar-refractivity contribution in [3.8, 4) is 0 Å². The highest BCUT2D eigenvalue weighted by molar-refractivity contribution is 5.71. The third-order valence-corrected chi connectivity index (χ3v) is 12.9. The molecule has 0 spiro atoms. The van der Waals surface area contributed by atoms with E-state index in [-0.39, 0.29) is 31.1 Å². The van der Waals surface area contributed by atoms with Gasteiger partial charge in [0.2, 0.25) is 0 Å². The molecule has 0 aliphatic carbocycles. The predicted molar refractivity (Wildman–Crippen MR) is 307 cm³/mol. The standard InChI is InChI=1S/C65H112O6/c1-4-7-10-13-16-19-22-24-26-28-30-32-34-36-38-40-43-46-49-52-55-58-64(67)70-61-62(60-69-63(66)57-54-51-48-45-42-21-18-15-12-9-6-3)71-65(68)59-56-53-50-47-44-41-39-37-35-33-31-29-27-25-23-20-17-14-11-8-5-2/h7,10,15-16,18-19,23-26,29-32,62H,4-6,8-9,11-14,17,20-22,27-28,33-61H2,1-3H3/b10-7-,18-15-,19-16-,25-23-,26-24-,31-29-,32-30-. The average molecular weight is 990 g/mol. The van der Waals surface area contributed by atoms with Gasteiger partial charge in [-0.3, -0.25) is 14.4 Å². The molecule has 0 aromatic carbocycles. The molecule has 1 atom stereocenters. The monoisotopic (exact) mass is 989 g/mol. The molecule has 408 valence electrons. The Morgan fingerprint density at radius 3 is 0.915 bits per heavy atom. The van der Waals surface area contributed by atoms with E-state index in [4.69, 9.17) is 14.2 Å². The van der Waals surface area contributed by atoms with Crippen molar-refractivity contribution in [3.05, 3.63) is 85.1 Å². The minimum atomic E-state index is -0.786. The largest absolute Gasteiger partial charge is 0.462 e. The Hall–Kier alpha value is -3.41. The van der Waals surface area contributed by atoms with Crippen LogP contribution in [0.3, 0.4) is 0 Å². The first-order valence-corrected chi connectivity index (χ1v) is 30.1. The number of ether oxygens (including phenoxy) is 3. The third kappa shape index (κ3) is 57.4. The fourth-order valence-corrected chi connectivity index (χ4v) is 8.33. The lowest BCUT2D eigenvalue weighted by Crippen LogP contribution is -2.30. The third-order valence-electron chi connectivity index (χ3n) is 12.9. The van der Waals surface area contributed by atoms with Crippen LogP contribution >= 0.6 is 0 Å². The summed E-state index contributed by atoms with van der Waals surface area (Å²) in [7, 11) is 0. The molecule has 6 heteroatoms. The molecule has 6 nitrogen and oxygen atoms in total. The van der Waals surface area contributed by atoms with E-state index in [9.17, 15) is 14.4 Å². The van der Waals surface area contributed by atoms with Crippen molar-refractivity contribution in [1.29, 1.82) is 0 Å². The molecule has 0 aliphatic heterocycles. The van der Waals surface area contributed by atoms with Crippen molar-refractivity contribution in [2.24, 2.45) is 0 Å². The van der Waals surface area contributed by atoms with Crippen LogP contribution in [0.2, 0.25) is 0 Å². The Kier molecular flexibility index (Phi) is 56.3. The zero-order valence-corrected chi connectivity index (χ0v) is 46.7. The van der Waals surface area contributed by atoms with E-state index in [1.807, 2.05) is 0 Å². The molecule has 0 aliphatic rings. The quantitative estimate of drug-likeness (QED) is 0.0261. The van der Waals surface area contributed by atoms with Gasteiger partial charge in [-0.15, -0.1) is 0 Å². The van der Waals surface area contributed by atoms with Crippen LogP contribution in [0.5, 0.6) is 0 Å². The van der Waals surface area contributed by atoms with Crippen LogP contribution in [0.15, 0.2) is 85.1 Å². The van der Waals surface area contributed by atoms with Gasteiger partial charge < -0.3 is 14.2 Å². The van der Waals surface area contributed by atoms with Crippen LogP contribution in [0.4, 0.5) is 0 Å². The topological polar surface area (TPSA) is 78.9 Å². The molecule has 0 N–H and O–H groups in total. The summed E-state index contributed by atoms with van der Waals surface area (Å²) in [6, 6.07) is 0. The number of hydrogen-bond donors (Lipinski definition) is 0. The number of carbonyl (C=O) groups is 3. The summed E-state index contributed by atoms with van der Waals surface area (Å²) in [5.41, 5.74) is 0. The minimum absolute atomic E-state index is 0.0847. The number of esters is 3. The zero-order chi connectivity index (χ0) is 51.4. The van der Waals surface area contributed by atoms with Gasteiger partial charge in [0.25, 0.3) is 0 Å². The molecule has 0 aromatic rings. The zero-order valence-electron chi connectivity index (χ0n) is 46.7. The summed E-state index contributed by atoms with van der Waals surface area (Å²) in [5, 5.41) is 0. The second-order valence-electron chi connectivity index (χ2n) is 19.9. The molecule has 1 unspecified atom stereocenters. The van der Waals surface area contributed by atoms with Gasteiger partial charge >= 0.3 is 17.9 Å². The summed E-state index contributed by atoms with van der Waals surface area (Å²) in [6.45, 7) is 6.48. The lowest BCUT2D eigenvalue weighted by molar-refractivity contribution is -0.167. The van der Waals surface area contributed by atoms with E-state index in [0.29, 0.717) is 19.3 Å². The van der Waals surface area contributed by atoms with E-state index < -0.39 is 6.10 Å². The molecule has 0 saturated heterocycles. The molecule has 0 amide bonds. The normalized spacial score (nSPS) is 12.7. The molecular weight excluding hydrogens is 877 g/mol. The smallest absolute Gasteiger partial charge is 0.306 e. The molecule has 0 radical (unpaired) electrons. The van der Waals surface area contributed by atoms with Crippen molar-refractivity contribution in [1.82, 2.24) is 0 Å². The maximum atomic E-state index is 12.9. The first kappa shape index (κ1) is 67.6. The molecule has 71 heavy (non-hydrogen) atoms. The fourth-order valence-electron chi connectivity index (χ4n) is 8.33. The van der Waals surface area contributed by atoms with Gasteiger partial charge in [0.1, 0.15) is 13.2 Å². The predicted octanol–water partition coefficient (Wildman–Crippen LogP) is 20.3. The maximum absolute atomic E-state index is 12.9. The van der Waals surface area contributed by atoms with Gasteiger partial charge in [0.05, 0.1) is 0 Å². The van der Waals surface area contributed by atoms with Crippen LogP contribution in [-0.4, -0.2) is 37.2 Å². The van der Waals surface area contributed by atoms with Crippen molar-refractivity contribution in [3.63, 3.8) is 0 Å². The average Bonchev–Trinajstić information content (AvgIpc) is 3.37. The minimum Gasteiger partial charge on any atom is -0.462 e.